The lowest BCUT2D eigenvalue weighted by molar-refractivity contribution is 0.114. The molecule has 2 atom stereocenters. The van der Waals surface area contributed by atoms with Gasteiger partial charge in [-0.3, -0.25) is 4.68 Å². The van der Waals surface area contributed by atoms with Crippen molar-refractivity contribution < 1.29 is 9.90 Å². The number of nitrogens with zero attached hydrogens (tertiary/aromatic N) is 2. The second kappa shape index (κ2) is 8.58. The topological polar surface area (TPSA) is 79.2 Å². The molecule has 0 saturated heterocycles. The van der Waals surface area contributed by atoms with E-state index in [4.69, 9.17) is 0 Å². The number of urea groups is 1. The lowest BCUT2D eigenvalue weighted by Gasteiger charge is -2.17. The Morgan fingerprint density at radius 1 is 1.50 bits per heavy atom. The van der Waals surface area contributed by atoms with Crippen LogP contribution in [0.1, 0.15) is 32.3 Å². The number of hydrogen-bond acceptors (Lipinski definition) is 3. The summed E-state index contributed by atoms with van der Waals surface area (Å²) >= 11 is 0. The summed E-state index contributed by atoms with van der Waals surface area (Å²) in [6.07, 6.45) is 5.98. The van der Waals surface area contributed by atoms with E-state index >= 15 is 0 Å². The molecule has 1 aromatic heterocycles. The third-order valence-corrected chi connectivity index (χ3v) is 3.46. The summed E-state index contributed by atoms with van der Waals surface area (Å²) in [5.74, 6) is 0.195. The van der Waals surface area contributed by atoms with Crippen LogP contribution in [0.25, 0.3) is 0 Å². The highest BCUT2D eigenvalue weighted by atomic mass is 16.3. The van der Waals surface area contributed by atoms with Crippen LogP contribution in [0.5, 0.6) is 0 Å². The van der Waals surface area contributed by atoms with Crippen molar-refractivity contribution in [3.63, 3.8) is 0 Å². The van der Waals surface area contributed by atoms with Crippen LogP contribution in [0.2, 0.25) is 0 Å². The summed E-state index contributed by atoms with van der Waals surface area (Å²) in [6.45, 7) is 4.90. The van der Waals surface area contributed by atoms with Crippen LogP contribution in [0.4, 0.5) is 4.79 Å². The van der Waals surface area contributed by atoms with E-state index in [9.17, 15) is 9.90 Å². The molecule has 20 heavy (non-hydrogen) atoms. The molecule has 0 aliphatic carbocycles. The molecule has 3 N–H and O–H groups in total. The van der Waals surface area contributed by atoms with Crippen molar-refractivity contribution in [2.75, 3.05) is 13.1 Å². The first-order valence-corrected chi connectivity index (χ1v) is 7.20. The number of rotatable bonds is 8. The van der Waals surface area contributed by atoms with E-state index < -0.39 is 6.10 Å². The van der Waals surface area contributed by atoms with Gasteiger partial charge >= 0.3 is 6.03 Å². The molecule has 2 unspecified atom stereocenters. The molecule has 1 aromatic rings. The van der Waals surface area contributed by atoms with Crippen LogP contribution in [0.15, 0.2) is 12.4 Å². The molecular weight excluding hydrogens is 256 g/mol. The van der Waals surface area contributed by atoms with Gasteiger partial charge in [-0.2, -0.15) is 5.10 Å². The number of carbonyl (C=O) groups is 1. The third-order valence-electron chi connectivity index (χ3n) is 3.46. The molecule has 1 rings (SSSR count). The molecule has 1 heterocycles. The SMILES string of the molecule is CCC(C)C(O)CNC(=O)NCCCc1cnn(C)c1. The fourth-order valence-corrected chi connectivity index (χ4v) is 1.83. The third kappa shape index (κ3) is 6.06. The molecule has 6 heteroatoms. The lowest BCUT2D eigenvalue weighted by atomic mass is 10.0. The van der Waals surface area contributed by atoms with E-state index in [1.165, 1.54) is 5.56 Å². The van der Waals surface area contributed by atoms with Crippen molar-refractivity contribution in [3.05, 3.63) is 18.0 Å². The lowest BCUT2D eigenvalue weighted by Crippen LogP contribution is -2.41. The number of hydrogen-bond donors (Lipinski definition) is 3. The molecule has 0 aromatic carbocycles. The van der Waals surface area contributed by atoms with E-state index in [1.807, 2.05) is 33.3 Å². The summed E-state index contributed by atoms with van der Waals surface area (Å²) < 4.78 is 1.77. The summed E-state index contributed by atoms with van der Waals surface area (Å²) in [5, 5.41) is 19.3. The van der Waals surface area contributed by atoms with Gasteiger partial charge in [0.15, 0.2) is 0 Å². The Balaban J connectivity index is 2.08. The first-order valence-electron chi connectivity index (χ1n) is 7.20. The number of amides is 2. The zero-order chi connectivity index (χ0) is 15.0. The Kier molecular flexibility index (Phi) is 7.08. The zero-order valence-electron chi connectivity index (χ0n) is 12.6. The van der Waals surface area contributed by atoms with Crippen molar-refractivity contribution >= 4 is 6.03 Å². The van der Waals surface area contributed by atoms with Gasteiger partial charge in [0.1, 0.15) is 0 Å². The number of nitrogens with one attached hydrogen (secondary N) is 2. The van der Waals surface area contributed by atoms with Crippen LogP contribution >= 0.6 is 0 Å². The Labute approximate surface area is 120 Å². The Bertz CT molecular complexity index is 406. The highest BCUT2D eigenvalue weighted by Crippen LogP contribution is 2.05. The van der Waals surface area contributed by atoms with Crippen LogP contribution in [-0.2, 0) is 13.5 Å². The molecule has 0 aliphatic rings. The minimum absolute atomic E-state index is 0.195. The number of aliphatic hydroxyl groups excluding tert-OH is 1. The predicted molar refractivity (Wildman–Crippen MR) is 78.4 cm³/mol. The fourth-order valence-electron chi connectivity index (χ4n) is 1.83. The molecular formula is C14H26N4O2. The quantitative estimate of drug-likeness (QED) is 0.624. The van der Waals surface area contributed by atoms with Crippen molar-refractivity contribution in [2.45, 2.75) is 39.2 Å². The molecule has 0 radical (unpaired) electrons. The Hall–Kier alpha value is -1.56. The van der Waals surface area contributed by atoms with E-state index in [0.29, 0.717) is 13.1 Å². The van der Waals surface area contributed by atoms with E-state index in [-0.39, 0.29) is 11.9 Å². The summed E-state index contributed by atoms with van der Waals surface area (Å²) in [7, 11) is 1.89. The fraction of sp³-hybridized carbons (Fsp3) is 0.714. The summed E-state index contributed by atoms with van der Waals surface area (Å²) in [6, 6.07) is -0.224. The van der Waals surface area contributed by atoms with E-state index in [2.05, 4.69) is 15.7 Å². The maximum absolute atomic E-state index is 11.5. The second-order valence-electron chi connectivity index (χ2n) is 5.22. The van der Waals surface area contributed by atoms with Gasteiger partial charge in [-0.1, -0.05) is 20.3 Å². The normalized spacial score (nSPS) is 13.8. The molecule has 0 fully saturated rings. The van der Waals surface area contributed by atoms with Crippen molar-refractivity contribution in [3.8, 4) is 0 Å². The Morgan fingerprint density at radius 2 is 2.25 bits per heavy atom. The standard InChI is InChI=1S/C14H26N4O2/c1-4-11(2)13(19)9-16-14(20)15-7-5-6-12-8-17-18(3)10-12/h8,10-11,13,19H,4-7,9H2,1-3H3,(H2,15,16,20). The molecule has 0 aliphatic heterocycles. The minimum Gasteiger partial charge on any atom is -0.391 e. The average molecular weight is 282 g/mol. The average Bonchev–Trinajstić information content (AvgIpc) is 2.85. The van der Waals surface area contributed by atoms with Gasteiger partial charge < -0.3 is 15.7 Å². The van der Waals surface area contributed by atoms with Crippen molar-refractivity contribution in [1.82, 2.24) is 20.4 Å². The van der Waals surface area contributed by atoms with Gasteiger partial charge in [-0.15, -0.1) is 0 Å². The van der Waals surface area contributed by atoms with Gasteiger partial charge in [0, 0.05) is 26.3 Å². The molecule has 0 bridgehead atoms. The van der Waals surface area contributed by atoms with E-state index in [1.54, 1.807) is 4.68 Å². The minimum atomic E-state index is -0.485. The maximum Gasteiger partial charge on any atom is 0.314 e. The first-order chi connectivity index (χ1) is 9.52. The molecule has 114 valence electrons. The second-order valence-corrected chi connectivity index (χ2v) is 5.22. The monoisotopic (exact) mass is 282 g/mol. The number of carbonyl (C=O) groups excluding carboxylic acids is 1. The molecule has 0 saturated carbocycles. The molecule has 6 nitrogen and oxygen atoms in total. The van der Waals surface area contributed by atoms with Crippen LogP contribution < -0.4 is 10.6 Å². The van der Waals surface area contributed by atoms with Crippen LogP contribution in [0.3, 0.4) is 0 Å². The Morgan fingerprint density at radius 3 is 2.85 bits per heavy atom. The van der Waals surface area contributed by atoms with Crippen LogP contribution in [-0.4, -0.2) is 40.1 Å². The zero-order valence-corrected chi connectivity index (χ0v) is 12.6. The van der Waals surface area contributed by atoms with Gasteiger partial charge in [0.2, 0.25) is 0 Å². The van der Waals surface area contributed by atoms with Crippen molar-refractivity contribution in [2.24, 2.45) is 13.0 Å². The summed E-state index contributed by atoms with van der Waals surface area (Å²) in [5.41, 5.74) is 1.17. The first kappa shape index (κ1) is 16.5. The highest BCUT2D eigenvalue weighted by Gasteiger charge is 2.12. The maximum atomic E-state index is 11.5. The molecule has 0 spiro atoms. The number of aryl methyl sites for hydroxylation is 2. The van der Waals surface area contributed by atoms with Crippen LogP contribution in [0, 0.1) is 5.92 Å². The van der Waals surface area contributed by atoms with Gasteiger partial charge in [0.25, 0.3) is 0 Å². The van der Waals surface area contributed by atoms with Gasteiger partial charge in [0.05, 0.1) is 12.3 Å². The largest absolute Gasteiger partial charge is 0.391 e. The van der Waals surface area contributed by atoms with Gasteiger partial charge in [-0.25, -0.2) is 4.79 Å². The number of aliphatic hydroxyl groups is 1. The van der Waals surface area contributed by atoms with E-state index in [0.717, 1.165) is 19.3 Å². The predicted octanol–water partition coefficient (Wildman–Crippen LogP) is 1.06. The number of aromatic nitrogens is 2. The van der Waals surface area contributed by atoms with Crippen molar-refractivity contribution in [1.29, 1.82) is 0 Å². The highest BCUT2D eigenvalue weighted by molar-refractivity contribution is 5.73. The summed E-state index contributed by atoms with van der Waals surface area (Å²) in [4.78, 5) is 11.5. The molecule has 2 amide bonds. The van der Waals surface area contributed by atoms with Gasteiger partial charge in [-0.05, 0) is 24.3 Å². The smallest absolute Gasteiger partial charge is 0.314 e.